The number of hydrogen-bond donors (Lipinski definition) is 1. The van der Waals surface area contributed by atoms with E-state index in [-0.39, 0.29) is 11.5 Å². The summed E-state index contributed by atoms with van der Waals surface area (Å²) in [6.07, 6.45) is 3.04. The molecule has 0 saturated heterocycles. The van der Waals surface area contributed by atoms with E-state index in [1.807, 2.05) is 0 Å². The highest BCUT2D eigenvalue weighted by molar-refractivity contribution is 6.33. The number of carbonyl (C=O) groups is 1. The Kier molecular flexibility index (Phi) is 3.37. The van der Waals surface area contributed by atoms with E-state index < -0.39 is 5.97 Å². The van der Waals surface area contributed by atoms with Crippen LogP contribution in [-0.2, 0) is 0 Å². The lowest BCUT2D eigenvalue weighted by atomic mass is 10.1. The first-order chi connectivity index (χ1) is 10.1. The molecule has 0 saturated carbocycles. The summed E-state index contributed by atoms with van der Waals surface area (Å²) in [5.74, 6) is -0.475. The van der Waals surface area contributed by atoms with Gasteiger partial charge in [-0.05, 0) is 18.2 Å². The molecule has 2 heterocycles. The molecule has 0 aliphatic carbocycles. The summed E-state index contributed by atoms with van der Waals surface area (Å²) in [7, 11) is 0. The first kappa shape index (κ1) is 13.3. The van der Waals surface area contributed by atoms with E-state index in [0.29, 0.717) is 22.0 Å². The molecule has 0 bridgehead atoms. The van der Waals surface area contributed by atoms with Crippen LogP contribution in [0.15, 0.2) is 47.2 Å². The second-order valence-electron chi connectivity index (χ2n) is 4.16. The Hall–Kier alpha value is -2.73. The maximum absolute atomic E-state index is 11.0. The van der Waals surface area contributed by atoms with E-state index in [0.717, 1.165) is 0 Å². The molecule has 21 heavy (non-hydrogen) atoms. The normalized spacial score (nSPS) is 10.5. The van der Waals surface area contributed by atoms with Crippen molar-refractivity contribution in [3.8, 4) is 22.8 Å². The lowest BCUT2D eigenvalue weighted by molar-refractivity contribution is 0.0697. The molecule has 0 amide bonds. The number of halogens is 1. The molecule has 3 rings (SSSR count). The van der Waals surface area contributed by atoms with E-state index in [1.165, 1.54) is 18.3 Å². The molecule has 3 aromatic rings. The summed E-state index contributed by atoms with van der Waals surface area (Å²) in [4.78, 5) is 19.1. The van der Waals surface area contributed by atoms with Gasteiger partial charge in [0, 0.05) is 18.0 Å². The number of pyridine rings is 1. The van der Waals surface area contributed by atoms with Crippen LogP contribution in [0.1, 0.15) is 10.4 Å². The minimum Gasteiger partial charge on any atom is -0.478 e. The maximum atomic E-state index is 11.0. The van der Waals surface area contributed by atoms with Gasteiger partial charge in [0.05, 0.1) is 16.1 Å². The topological polar surface area (TPSA) is 89.1 Å². The van der Waals surface area contributed by atoms with Crippen LogP contribution in [0.4, 0.5) is 0 Å². The molecule has 0 aliphatic rings. The SMILES string of the molecule is O=C(O)c1cccc(-c2noc(-c3ccncc3Cl)n2)c1. The van der Waals surface area contributed by atoms with Gasteiger partial charge in [-0.3, -0.25) is 4.98 Å². The number of rotatable bonds is 3. The Bertz CT molecular complexity index is 816. The number of carboxylic acids is 1. The minimum atomic E-state index is -1.02. The van der Waals surface area contributed by atoms with Crippen molar-refractivity contribution in [2.75, 3.05) is 0 Å². The third-order valence-corrected chi connectivity index (χ3v) is 3.10. The summed E-state index contributed by atoms with van der Waals surface area (Å²) < 4.78 is 5.17. The van der Waals surface area contributed by atoms with Crippen molar-refractivity contribution < 1.29 is 14.4 Å². The smallest absolute Gasteiger partial charge is 0.335 e. The van der Waals surface area contributed by atoms with Crippen molar-refractivity contribution >= 4 is 17.6 Å². The number of hydrogen-bond acceptors (Lipinski definition) is 5. The van der Waals surface area contributed by atoms with E-state index in [2.05, 4.69) is 15.1 Å². The second-order valence-corrected chi connectivity index (χ2v) is 4.57. The van der Waals surface area contributed by atoms with Crippen LogP contribution in [0.25, 0.3) is 22.8 Å². The van der Waals surface area contributed by atoms with E-state index in [1.54, 1.807) is 24.4 Å². The molecule has 1 aromatic carbocycles. The zero-order valence-corrected chi connectivity index (χ0v) is 11.3. The van der Waals surface area contributed by atoms with Crippen LogP contribution >= 0.6 is 11.6 Å². The van der Waals surface area contributed by atoms with Crippen molar-refractivity contribution in [1.82, 2.24) is 15.1 Å². The highest BCUT2D eigenvalue weighted by Gasteiger charge is 2.14. The first-order valence-electron chi connectivity index (χ1n) is 5.92. The minimum absolute atomic E-state index is 0.154. The molecule has 0 aliphatic heterocycles. The Labute approximate surface area is 124 Å². The highest BCUT2D eigenvalue weighted by atomic mass is 35.5. The summed E-state index contributed by atoms with van der Waals surface area (Å²) in [5.41, 5.74) is 1.27. The van der Waals surface area contributed by atoms with Crippen molar-refractivity contribution in [1.29, 1.82) is 0 Å². The van der Waals surface area contributed by atoms with Gasteiger partial charge in [0.2, 0.25) is 5.82 Å². The molecule has 0 fully saturated rings. The van der Waals surface area contributed by atoms with Crippen LogP contribution in [-0.4, -0.2) is 26.2 Å². The fraction of sp³-hybridized carbons (Fsp3) is 0. The molecule has 104 valence electrons. The second kappa shape index (κ2) is 5.34. The van der Waals surface area contributed by atoms with Crippen molar-refractivity contribution in [2.24, 2.45) is 0 Å². The van der Waals surface area contributed by atoms with Gasteiger partial charge in [-0.25, -0.2) is 4.79 Å². The van der Waals surface area contributed by atoms with Gasteiger partial charge >= 0.3 is 5.97 Å². The Morgan fingerprint density at radius 2 is 2.14 bits per heavy atom. The average Bonchev–Trinajstić information content (AvgIpc) is 2.97. The summed E-state index contributed by atoms with van der Waals surface area (Å²) >= 11 is 6.01. The molecule has 0 unspecified atom stereocenters. The van der Waals surface area contributed by atoms with Gasteiger partial charge in [-0.2, -0.15) is 4.98 Å². The van der Waals surface area contributed by atoms with Crippen molar-refractivity contribution in [3.05, 3.63) is 53.3 Å². The molecule has 0 atom stereocenters. The van der Waals surface area contributed by atoms with Gasteiger partial charge in [0.25, 0.3) is 5.89 Å². The Morgan fingerprint density at radius 3 is 2.90 bits per heavy atom. The standard InChI is InChI=1S/C14H8ClN3O3/c15-11-7-16-5-4-10(11)13-17-12(18-21-13)8-2-1-3-9(6-8)14(19)20/h1-7H,(H,19,20). The quantitative estimate of drug-likeness (QED) is 0.799. The van der Waals surface area contributed by atoms with E-state index in [9.17, 15) is 4.79 Å². The monoisotopic (exact) mass is 301 g/mol. The number of aromatic carboxylic acids is 1. The number of carboxylic acid groups (broad SMARTS) is 1. The predicted octanol–water partition coefficient (Wildman–Crippen LogP) is 3.15. The van der Waals surface area contributed by atoms with E-state index >= 15 is 0 Å². The fourth-order valence-corrected chi connectivity index (χ4v) is 1.99. The molecular formula is C14H8ClN3O3. The Balaban J connectivity index is 2.01. The van der Waals surface area contributed by atoms with Crippen LogP contribution < -0.4 is 0 Å². The van der Waals surface area contributed by atoms with Gasteiger partial charge in [-0.15, -0.1) is 0 Å². The third-order valence-electron chi connectivity index (χ3n) is 2.80. The highest BCUT2D eigenvalue weighted by Crippen LogP contribution is 2.27. The van der Waals surface area contributed by atoms with Gasteiger partial charge < -0.3 is 9.63 Å². The zero-order chi connectivity index (χ0) is 14.8. The van der Waals surface area contributed by atoms with Crippen molar-refractivity contribution in [3.63, 3.8) is 0 Å². The summed E-state index contributed by atoms with van der Waals surface area (Å²) in [6.45, 7) is 0. The number of benzene rings is 1. The lowest BCUT2D eigenvalue weighted by Gasteiger charge is -1.97. The van der Waals surface area contributed by atoms with Gasteiger partial charge in [0.1, 0.15) is 0 Å². The lowest BCUT2D eigenvalue weighted by Crippen LogP contribution is -1.96. The van der Waals surface area contributed by atoms with Crippen LogP contribution in [0.2, 0.25) is 5.02 Å². The van der Waals surface area contributed by atoms with Crippen LogP contribution in [0.3, 0.4) is 0 Å². The number of nitrogens with zero attached hydrogens (tertiary/aromatic N) is 3. The fourth-order valence-electron chi connectivity index (χ4n) is 1.79. The molecule has 0 spiro atoms. The molecule has 0 radical (unpaired) electrons. The average molecular weight is 302 g/mol. The van der Waals surface area contributed by atoms with E-state index in [4.69, 9.17) is 21.2 Å². The maximum Gasteiger partial charge on any atom is 0.335 e. The largest absolute Gasteiger partial charge is 0.478 e. The molecular weight excluding hydrogens is 294 g/mol. The van der Waals surface area contributed by atoms with Crippen LogP contribution in [0, 0.1) is 0 Å². The first-order valence-corrected chi connectivity index (χ1v) is 6.30. The molecule has 1 N–H and O–H groups in total. The van der Waals surface area contributed by atoms with Crippen molar-refractivity contribution in [2.45, 2.75) is 0 Å². The molecule has 7 heteroatoms. The summed E-state index contributed by atoms with van der Waals surface area (Å²) in [6, 6.07) is 7.95. The van der Waals surface area contributed by atoms with Gasteiger partial charge in [0.15, 0.2) is 0 Å². The molecule has 6 nitrogen and oxygen atoms in total. The zero-order valence-electron chi connectivity index (χ0n) is 10.5. The van der Waals surface area contributed by atoms with Gasteiger partial charge in [-0.1, -0.05) is 28.9 Å². The third kappa shape index (κ3) is 2.61. The Morgan fingerprint density at radius 1 is 1.29 bits per heavy atom. The number of aromatic nitrogens is 3. The predicted molar refractivity (Wildman–Crippen MR) is 74.9 cm³/mol. The van der Waals surface area contributed by atoms with Crippen LogP contribution in [0.5, 0.6) is 0 Å². The summed E-state index contributed by atoms with van der Waals surface area (Å²) in [5, 5.41) is 13.2. The molecule has 2 aromatic heterocycles.